The van der Waals surface area contributed by atoms with Crippen molar-refractivity contribution < 1.29 is 19.4 Å². The number of aromatic amines is 1. The van der Waals surface area contributed by atoms with Gasteiger partial charge in [0.1, 0.15) is 0 Å². The fourth-order valence-corrected chi connectivity index (χ4v) is 1.88. The maximum Gasteiger partial charge on any atom is 0.328 e. The number of hydrogen-bond donors (Lipinski definition) is 3. The Morgan fingerprint density at radius 2 is 2.47 bits per heavy atom. The van der Waals surface area contributed by atoms with Gasteiger partial charge in [-0.1, -0.05) is 0 Å². The number of H-pyrrole nitrogens is 1. The Labute approximate surface area is 109 Å². The molecule has 1 atom stereocenters. The Morgan fingerprint density at radius 1 is 1.68 bits per heavy atom. The molecule has 1 unspecified atom stereocenters. The zero-order chi connectivity index (χ0) is 13.8. The molecule has 1 saturated heterocycles. The second kappa shape index (κ2) is 5.70. The van der Waals surface area contributed by atoms with E-state index in [2.05, 4.69) is 15.5 Å². The fraction of sp³-hybridized carbons (Fsp3) is 0.545. The monoisotopic (exact) mass is 268 g/mol. The number of urea groups is 1. The van der Waals surface area contributed by atoms with Crippen molar-refractivity contribution in [2.24, 2.45) is 0 Å². The number of nitrogens with zero attached hydrogens (tertiary/aromatic N) is 2. The number of aliphatic carboxylic acids is 1. The van der Waals surface area contributed by atoms with Crippen LogP contribution in [0.2, 0.25) is 0 Å². The molecule has 1 aromatic heterocycles. The molecule has 0 spiro atoms. The summed E-state index contributed by atoms with van der Waals surface area (Å²) in [6.45, 7) is 2.80. The summed E-state index contributed by atoms with van der Waals surface area (Å²) in [5.41, 5.74) is 1.74. The maximum atomic E-state index is 12.0. The van der Waals surface area contributed by atoms with Gasteiger partial charge in [-0.3, -0.25) is 5.10 Å². The van der Waals surface area contributed by atoms with Gasteiger partial charge in [0.15, 0.2) is 6.04 Å². The van der Waals surface area contributed by atoms with Crippen molar-refractivity contribution >= 4 is 12.0 Å². The highest BCUT2D eigenvalue weighted by Gasteiger charge is 2.32. The summed E-state index contributed by atoms with van der Waals surface area (Å²) in [5, 5.41) is 18.3. The van der Waals surface area contributed by atoms with Gasteiger partial charge in [0, 0.05) is 24.3 Å². The molecule has 0 saturated carbocycles. The Hall–Kier alpha value is -2.09. The van der Waals surface area contributed by atoms with Gasteiger partial charge in [-0.05, 0) is 6.92 Å². The van der Waals surface area contributed by atoms with Gasteiger partial charge in [-0.2, -0.15) is 5.10 Å². The molecule has 8 nitrogen and oxygen atoms in total. The number of carbonyl (C=O) groups excluding carboxylic acids is 1. The molecule has 1 aliphatic heterocycles. The number of rotatable bonds is 3. The third-order valence-corrected chi connectivity index (χ3v) is 3.04. The maximum absolute atomic E-state index is 12.0. The Kier molecular flexibility index (Phi) is 4.00. The average molecular weight is 268 g/mol. The van der Waals surface area contributed by atoms with Crippen LogP contribution in [0.15, 0.2) is 6.20 Å². The van der Waals surface area contributed by atoms with E-state index in [0.29, 0.717) is 13.2 Å². The first-order chi connectivity index (χ1) is 9.09. The smallest absolute Gasteiger partial charge is 0.328 e. The molecule has 1 aliphatic rings. The van der Waals surface area contributed by atoms with Crippen molar-refractivity contribution in [3.05, 3.63) is 17.5 Å². The van der Waals surface area contributed by atoms with Crippen LogP contribution in [0.4, 0.5) is 4.79 Å². The summed E-state index contributed by atoms with van der Waals surface area (Å²) in [5.74, 6) is -1.06. The molecule has 0 radical (unpaired) electrons. The minimum Gasteiger partial charge on any atom is -0.480 e. The average Bonchev–Trinajstić information content (AvgIpc) is 2.81. The first-order valence-corrected chi connectivity index (χ1v) is 5.93. The van der Waals surface area contributed by atoms with E-state index in [-0.39, 0.29) is 13.2 Å². The van der Waals surface area contributed by atoms with E-state index in [1.807, 2.05) is 6.92 Å². The van der Waals surface area contributed by atoms with Crippen molar-refractivity contribution in [3.63, 3.8) is 0 Å². The lowest BCUT2D eigenvalue weighted by Crippen LogP contribution is -2.55. The molecular formula is C11H16N4O4. The van der Waals surface area contributed by atoms with Gasteiger partial charge in [0.2, 0.25) is 0 Å². The van der Waals surface area contributed by atoms with E-state index in [0.717, 1.165) is 11.3 Å². The predicted molar refractivity (Wildman–Crippen MR) is 64.5 cm³/mol. The van der Waals surface area contributed by atoms with Crippen molar-refractivity contribution in [1.82, 2.24) is 20.4 Å². The lowest BCUT2D eigenvalue weighted by molar-refractivity contribution is -0.147. The van der Waals surface area contributed by atoms with E-state index in [4.69, 9.17) is 9.84 Å². The molecule has 2 heterocycles. The number of hydrogen-bond acceptors (Lipinski definition) is 4. The second-order valence-electron chi connectivity index (χ2n) is 4.30. The summed E-state index contributed by atoms with van der Waals surface area (Å²) in [4.78, 5) is 24.3. The number of carboxylic acid groups (broad SMARTS) is 1. The number of aryl methyl sites for hydroxylation is 1. The Balaban J connectivity index is 1.94. The Morgan fingerprint density at radius 3 is 3.11 bits per heavy atom. The van der Waals surface area contributed by atoms with Crippen LogP contribution in [0.1, 0.15) is 11.3 Å². The summed E-state index contributed by atoms with van der Waals surface area (Å²) in [6, 6.07) is -1.34. The molecule has 0 aromatic carbocycles. The molecular weight excluding hydrogens is 252 g/mol. The quantitative estimate of drug-likeness (QED) is 0.698. The van der Waals surface area contributed by atoms with Crippen molar-refractivity contribution in [2.75, 3.05) is 19.8 Å². The van der Waals surface area contributed by atoms with Crippen LogP contribution in [-0.4, -0.2) is 58.0 Å². The molecule has 8 heteroatoms. The topological polar surface area (TPSA) is 108 Å². The molecule has 0 aliphatic carbocycles. The van der Waals surface area contributed by atoms with E-state index >= 15 is 0 Å². The third-order valence-electron chi connectivity index (χ3n) is 3.04. The van der Waals surface area contributed by atoms with E-state index in [1.54, 1.807) is 6.20 Å². The SMILES string of the molecule is Cc1[nH]ncc1CNC(=O)N1CCOCC1C(=O)O. The number of amides is 2. The van der Waals surface area contributed by atoms with Crippen LogP contribution in [0.3, 0.4) is 0 Å². The first kappa shape index (κ1) is 13.3. The number of nitrogens with one attached hydrogen (secondary N) is 2. The predicted octanol–water partition coefficient (Wildman–Crippen LogP) is -0.287. The zero-order valence-corrected chi connectivity index (χ0v) is 10.5. The van der Waals surface area contributed by atoms with Crippen LogP contribution in [-0.2, 0) is 16.1 Å². The van der Waals surface area contributed by atoms with E-state index in [9.17, 15) is 9.59 Å². The lowest BCUT2D eigenvalue weighted by atomic mass is 10.2. The van der Waals surface area contributed by atoms with Gasteiger partial charge < -0.3 is 20.1 Å². The number of ether oxygens (including phenoxy) is 1. The number of carboxylic acids is 1. The third kappa shape index (κ3) is 3.02. The fourth-order valence-electron chi connectivity index (χ4n) is 1.88. The molecule has 3 N–H and O–H groups in total. The highest BCUT2D eigenvalue weighted by Crippen LogP contribution is 2.08. The van der Waals surface area contributed by atoms with Gasteiger partial charge in [0.25, 0.3) is 0 Å². The highest BCUT2D eigenvalue weighted by atomic mass is 16.5. The largest absolute Gasteiger partial charge is 0.480 e. The van der Waals surface area contributed by atoms with Crippen molar-refractivity contribution in [3.8, 4) is 0 Å². The molecule has 1 aromatic rings. The standard InChI is InChI=1S/C11H16N4O4/c1-7-8(5-13-14-7)4-12-11(18)15-2-3-19-6-9(15)10(16)17/h5,9H,2-4,6H2,1H3,(H,12,18)(H,13,14)(H,16,17). The van der Waals surface area contributed by atoms with Crippen molar-refractivity contribution in [2.45, 2.75) is 19.5 Å². The molecule has 1 fully saturated rings. The van der Waals surface area contributed by atoms with Crippen LogP contribution in [0.25, 0.3) is 0 Å². The van der Waals surface area contributed by atoms with Crippen LogP contribution < -0.4 is 5.32 Å². The van der Waals surface area contributed by atoms with Crippen LogP contribution >= 0.6 is 0 Å². The van der Waals surface area contributed by atoms with Crippen molar-refractivity contribution in [1.29, 1.82) is 0 Å². The number of carbonyl (C=O) groups is 2. The molecule has 2 rings (SSSR count). The van der Waals surface area contributed by atoms with Gasteiger partial charge in [0.05, 0.1) is 19.4 Å². The van der Waals surface area contributed by atoms with Gasteiger partial charge in [-0.25, -0.2) is 9.59 Å². The first-order valence-electron chi connectivity index (χ1n) is 5.93. The zero-order valence-electron chi connectivity index (χ0n) is 10.5. The summed E-state index contributed by atoms with van der Waals surface area (Å²) in [6.07, 6.45) is 1.63. The summed E-state index contributed by atoms with van der Waals surface area (Å²) >= 11 is 0. The molecule has 104 valence electrons. The highest BCUT2D eigenvalue weighted by molar-refractivity contribution is 5.83. The summed E-state index contributed by atoms with van der Waals surface area (Å²) < 4.78 is 5.08. The minimum absolute atomic E-state index is 0.0213. The molecule has 19 heavy (non-hydrogen) atoms. The van der Waals surface area contributed by atoms with Gasteiger partial charge in [-0.15, -0.1) is 0 Å². The van der Waals surface area contributed by atoms with E-state index in [1.165, 1.54) is 4.90 Å². The number of aromatic nitrogens is 2. The Bertz CT molecular complexity index is 473. The molecule has 2 amide bonds. The minimum atomic E-state index is -1.06. The normalized spacial score (nSPS) is 19.2. The second-order valence-corrected chi connectivity index (χ2v) is 4.30. The molecule has 0 bridgehead atoms. The lowest BCUT2D eigenvalue weighted by Gasteiger charge is -2.32. The summed E-state index contributed by atoms with van der Waals surface area (Å²) in [7, 11) is 0. The van der Waals surface area contributed by atoms with E-state index < -0.39 is 18.0 Å². The van der Waals surface area contributed by atoms with Crippen LogP contribution in [0.5, 0.6) is 0 Å². The van der Waals surface area contributed by atoms with Gasteiger partial charge >= 0.3 is 12.0 Å². The number of morpholine rings is 1. The van der Waals surface area contributed by atoms with Crippen LogP contribution in [0, 0.1) is 6.92 Å².